The Balaban J connectivity index is 1.93. The second-order valence-electron chi connectivity index (χ2n) is 5.34. The van der Waals surface area contributed by atoms with Crippen LogP contribution < -0.4 is 5.32 Å². The average Bonchev–Trinajstić information content (AvgIpc) is 3.08. The summed E-state index contributed by atoms with van der Waals surface area (Å²) in [5, 5.41) is 17.1. The monoisotopic (exact) mass is 273 g/mol. The van der Waals surface area contributed by atoms with Gasteiger partial charge in [0, 0.05) is 5.56 Å². The lowest BCUT2D eigenvalue weighted by atomic mass is 9.92. The topological polar surface area (TPSA) is 71.2 Å². The van der Waals surface area contributed by atoms with Crippen LogP contribution in [0.25, 0.3) is 11.4 Å². The first-order chi connectivity index (χ1) is 9.73. The summed E-state index contributed by atoms with van der Waals surface area (Å²) < 4.78 is 5.49. The van der Waals surface area contributed by atoms with E-state index >= 15 is 0 Å². The van der Waals surface area contributed by atoms with Crippen molar-refractivity contribution in [1.29, 1.82) is 0 Å². The molecule has 2 aromatic rings. The fraction of sp³-hybridized carbons (Fsp3) is 0.467. The maximum atomic E-state index is 9.53. The predicted molar refractivity (Wildman–Crippen MR) is 75.2 cm³/mol. The molecule has 1 aliphatic rings. The van der Waals surface area contributed by atoms with E-state index < -0.39 is 0 Å². The Kier molecular flexibility index (Phi) is 3.44. The number of phenolic OH excluding ortho intramolecular Hbond substituents is 1. The van der Waals surface area contributed by atoms with Gasteiger partial charge in [-0.15, -0.1) is 0 Å². The predicted octanol–water partition coefficient (Wildman–Crippen LogP) is 2.82. The van der Waals surface area contributed by atoms with Crippen molar-refractivity contribution in [2.24, 2.45) is 0 Å². The van der Waals surface area contributed by atoms with Crippen LogP contribution in [0.15, 0.2) is 28.8 Å². The van der Waals surface area contributed by atoms with Crippen LogP contribution in [0.5, 0.6) is 5.75 Å². The third-order valence-corrected chi connectivity index (χ3v) is 3.86. The fourth-order valence-corrected chi connectivity index (χ4v) is 2.92. The van der Waals surface area contributed by atoms with Gasteiger partial charge in [-0.3, -0.25) is 0 Å². The van der Waals surface area contributed by atoms with Gasteiger partial charge in [-0.1, -0.05) is 30.6 Å². The van der Waals surface area contributed by atoms with Gasteiger partial charge in [0.2, 0.25) is 11.7 Å². The third-order valence-electron chi connectivity index (χ3n) is 3.86. The maximum absolute atomic E-state index is 9.53. The third kappa shape index (κ3) is 2.29. The van der Waals surface area contributed by atoms with Crippen molar-refractivity contribution in [1.82, 2.24) is 15.5 Å². The number of nitrogens with one attached hydrogen (secondary N) is 1. The molecule has 20 heavy (non-hydrogen) atoms. The number of aromatic nitrogens is 2. The Morgan fingerprint density at radius 1 is 1.45 bits per heavy atom. The van der Waals surface area contributed by atoms with Crippen molar-refractivity contribution in [3.8, 4) is 17.1 Å². The van der Waals surface area contributed by atoms with E-state index in [0.717, 1.165) is 37.8 Å². The van der Waals surface area contributed by atoms with Crippen LogP contribution in [-0.2, 0) is 5.54 Å². The number of nitrogens with zero attached hydrogens (tertiary/aromatic N) is 2. The molecule has 1 fully saturated rings. The highest BCUT2D eigenvalue weighted by atomic mass is 16.5. The van der Waals surface area contributed by atoms with E-state index in [-0.39, 0.29) is 11.3 Å². The van der Waals surface area contributed by atoms with Crippen LogP contribution in [-0.4, -0.2) is 21.8 Å². The van der Waals surface area contributed by atoms with Crippen molar-refractivity contribution < 1.29 is 9.63 Å². The molecule has 1 aromatic heterocycles. The van der Waals surface area contributed by atoms with Crippen LogP contribution in [0.1, 0.15) is 38.5 Å². The Bertz CT molecular complexity index is 588. The number of aromatic hydroxyl groups is 1. The van der Waals surface area contributed by atoms with Gasteiger partial charge in [-0.25, -0.2) is 0 Å². The summed E-state index contributed by atoms with van der Waals surface area (Å²) in [6.07, 6.45) is 4.22. The van der Waals surface area contributed by atoms with Crippen LogP contribution in [0, 0.1) is 0 Å². The summed E-state index contributed by atoms with van der Waals surface area (Å²) in [5.74, 6) is 1.39. The molecule has 3 rings (SSSR count). The largest absolute Gasteiger partial charge is 0.508 e. The highest BCUT2D eigenvalue weighted by Crippen LogP contribution is 2.35. The molecule has 0 radical (unpaired) electrons. The van der Waals surface area contributed by atoms with Crippen LogP contribution in [0.4, 0.5) is 0 Å². The second kappa shape index (κ2) is 5.25. The van der Waals surface area contributed by atoms with Crippen LogP contribution in [0.2, 0.25) is 0 Å². The lowest BCUT2D eigenvalue weighted by Gasteiger charge is -2.24. The Hall–Kier alpha value is -1.88. The zero-order valence-electron chi connectivity index (χ0n) is 11.6. The molecule has 1 atom stereocenters. The van der Waals surface area contributed by atoms with Crippen molar-refractivity contribution in [3.63, 3.8) is 0 Å². The zero-order valence-corrected chi connectivity index (χ0v) is 11.6. The van der Waals surface area contributed by atoms with E-state index in [0.29, 0.717) is 11.7 Å². The molecule has 2 heterocycles. The van der Waals surface area contributed by atoms with Gasteiger partial charge in [-0.05, 0) is 37.9 Å². The summed E-state index contributed by atoms with van der Waals surface area (Å²) in [7, 11) is 0. The van der Waals surface area contributed by atoms with E-state index in [9.17, 15) is 5.11 Å². The average molecular weight is 273 g/mol. The van der Waals surface area contributed by atoms with E-state index in [1.807, 2.05) is 6.07 Å². The normalized spacial score (nSPS) is 22.2. The zero-order chi connectivity index (χ0) is 14.0. The Morgan fingerprint density at radius 2 is 2.35 bits per heavy atom. The summed E-state index contributed by atoms with van der Waals surface area (Å²) in [5.41, 5.74) is 0.598. The summed E-state index contributed by atoms with van der Waals surface area (Å²) in [6, 6.07) is 6.91. The van der Waals surface area contributed by atoms with Gasteiger partial charge < -0.3 is 14.9 Å². The number of hydrogen-bond acceptors (Lipinski definition) is 5. The van der Waals surface area contributed by atoms with Crippen LogP contribution in [0.3, 0.4) is 0 Å². The minimum absolute atomic E-state index is 0.170. The van der Waals surface area contributed by atoms with E-state index in [2.05, 4.69) is 22.4 Å². The summed E-state index contributed by atoms with van der Waals surface area (Å²) in [6.45, 7) is 3.15. The number of benzene rings is 1. The highest BCUT2D eigenvalue weighted by Gasteiger charge is 2.39. The molecule has 0 spiro atoms. The van der Waals surface area contributed by atoms with E-state index in [1.165, 1.54) is 0 Å². The number of phenols is 1. The first-order valence-electron chi connectivity index (χ1n) is 7.12. The minimum Gasteiger partial charge on any atom is -0.508 e. The van der Waals surface area contributed by atoms with Crippen molar-refractivity contribution in [2.75, 3.05) is 6.54 Å². The van der Waals surface area contributed by atoms with Gasteiger partial charge in [0.25, 0.3) is 0 Å². The van der Waals surface area contributed by atoms with Crippen LogP contribution >= 0.6 is 0 Å². The first-order valence-corrected chi connectivity index (χ1v) is 7.12. The van der Waals surface area contributed by atoms with Crippen molar-refractivity contribution in [2.45, 2.75) is 38.1 Å². The number of hydrogen-bond donors (Lipinski definition) is 2. The summed E-state index contributed by atoms with van der Waals surface area (Å²) >= 11 is 0. The maximum Gasteiger partial charge on any atom is 0.247 e. The smallest absolute Gasteiger partial charge is 0.247 e. The van der Waals surface area contributed by atoms with E-state index in [1.54, 1.807) is 18.2 Å². The molecule has 0 amide bonds. The summed E-state index contributed by atoms with van der Waals surface area (Å²) in [4.78, 5) is 4.54. The molecule has 5 heteroatoms. The Labute approximate surface area is 118 Å². The van der Waals surface area contributed by atoms with Crippen molar-refractivity contribution >= 4 is 0 Å². The molecule has 1 unspecified atom stereocenters. The molecule has 0 bridgehead atoms. The SMILES string of the molecule is CCCC1(c2nc(-c3cccc(O)c3)no2)CCCN1. The molecule has 1 aliphatic heterocycles. The second-order valence-corrected chi connectivity index (χ2v) is 5.34. The lowest BCUT2D eigenvalue weighted by molar-refractivity contribution is 0.241. The van der Waals surface area contributed by atoms with Gasteiger partial charge in [0.05, 0.1) is 5.54 Å². The molecule has 106 valence electrons. The van der Waals surface area contributed by atoms with Gasteiger partial charge in [0.1, 0.15) is 5.75 Å². The van der Waals surface area contributed by atoms with Gasteiger partial charge in [-0.2, -0.15) is 4.98 Å². The molecular weight excluding hydrogens is 254 g/mol. The quantitative estimate of drug-likeness (QED) is 0.896. The molecule has 1 aromatic carbocycles. The van der Waals surface area contributed by atoms with Gasteiger partial charge in [0.15, 0.2) is 0 Å². The van der Waals surface area contributed by atoms with Gasteiger partial charge >= 0.3 is 0 Å². The molecule has 1 saturated heterocycles. The van der Waals surface area contributed by atoms with Crippen molar-refractivity contribution in [3.05, 3.63) is 30.2 Å². The fourth-order valence-electron chi connectivity index (χ4n) is 2.92. The highest BCUT2D eigenvalue weighted by molar-refractivity contribution is 5.56. The molecule has 0 saturated carbocycles. The number of rotatable bonds is 4. The molecule has 5 nitrogen and oxygen atoms in total. The minimum atomic E-state index is -0.170. The lowest BCUT2D eigenvalue weighted by Crippen LogP contribution is -2.36. The Morgan fingerprint density at radius 3 is 3.05 bits per heavy atom. The standard InChI is InChI=1S/C15H19N3O2/c1-2-7-15(8-4-9-16-15)14-17-13(18-20-14)11-5-3-6-12(19)10-11/h3,5-6,10,16,19H,2,4,7-9H2,1H3. The molecule has 0 aliphatic carbocycles. The molecule has 2 N–H and O–H groups in total. The first kappa shape index (κ1) is 13.1. The molecular formula is C15H19N3O2. The van der Waals surface area contributed by atoms with E-state index in [4.69, 9.17) is 4.52 Å².